The highest BCUT2D eigenvalue weighted by Gasteiger charge is 2.10. The number of aromatic nitrogens is 2. The standard InChI is InChI=1S/C9H6N2O3/c12-7-3-1-2-6-5(7)4-10-8(11-6)9(13)14/h1-4H,(H,10,11)(H,13,14). The lowest BCUT2D eigenvalue weighted by molar-refractivity contribution is 0.0683. The molecule has 5 heteroatoms. The molecule has 0 aromatic carbocycles. The van der Waals surface area contributed by atoms with E-state index in [-0.39, 0.29) is 11.3 Å². The molecule has 5 nitrogen and oxygen atoms in total. The van der Waals surface area contributed by atoms with Crippen molar-refractivity contribution in [3.05, 3.63) is 40.4 Å². The first kappa shape index (κ1) is 8.43. The van der Waals surface area contributed by atoms with E-state index in [9.17, 15) is 9.59 Å². The van der Waals surface area contributed by atoms with Crippen LogP contribution in [0.3, 0.4) is 0 Å². The third-order valence-corrected chi connectivity index (χ3v) is 1.84. The molecule has 0 saturated heterocycles. The van der Waals surface area contributed by atoms with Crippen molar-refractivity contribution in [3.8, 4) is 11.3 Å². The first-order chi connectivity index (χ1) is 6.68. The Balaban J connectivity index is 2.74. The Morgan fingerprint density at radius 1 is 1.43 bits per heavy atom. The number of hydrogen-bond acceptors (Lipinski definition) is 3. The summed E-state index contributed by atoms with van der Waals surface area (Å²) in [6.07, 6.45) is 1.26. The number of carboxylic acids is 1. The third kappa shape index (κ3) is 1.24. The Labute approximate surface area is 78.4 Å². The van der Waals surface area contributed by atoms with E-state index in [1.54, 1.807) is 12.1 Å². The summed E-state index contributed by atoms with van der Waals surface area (Å²) in [4.78, 5) is 28.0. The molecule has 1 aliphatic carbocycles. The van der Waals surface area contributed by atoms with Gasteiger partial charge in [0.05, 0.1) is 11.3 Å². The second-order valence-corrected chi connectivity index (χ2v) is 2.75. The lowest BCUT2D eigenvalue weighted by Crippen LogP contribution is -2.10. The first-order valence-electron chi connectivity index (χ1n) is 3.90. The van der Waals surface area contributed by atoms with Crippen LogP contribution in [0, 0.1) is 0 Å². The van der Waals surface area contributed by atoms with E-state index in [1.807, 2.05) is 0 Å². The van der Waals surface area contributed by atoms with Crippen molar-refractivity contribution in [1.29, 1.82) is 0 Å². The highest BCUT2D eigenvalue weighted by Crippen LogP contribution is 2.12. The second kappa shape index (κ2) is 2.95. The Morgan fingerprint density at radius 2 is 2.21 bits per heavy atom. The zero-order valence-corrected chi connectivity index (χ0v) is 7.02. The number of carbonyl (C=O) groups is 1. The first-order valence-corrected chi connectivity index (χ1v) is 3.90. The fourth-order valence-corrected chi connectivity index (χ4v) is 1.18. The molecule has 0 saturated carbocycles. The lowest BCUT2D eigenvalue weighted by atomic mass is 10.1. The molecule has 0 spiro atoms. The molecular weight excluding hydrogens is 184 g/mol. The summed E-state index contributed by atoms with van der Waals surface area (Å²) in [6, 6.07) is 4.59. The third-order valence-electron chi connectivity index (χ3n) is 1.84. The summed E-state index contributed by atoms with van der Waals surface area (Å²) >= 11 is 0. The quantitative estimate of drug-likeness (QED) is 0.688. The smallest absolute Gasteiger partial charge is 0.371 e. The van der Waals surface area contributed by atoms with E-state index in [4.69, 9.17) is 5.11 Å². The Bertz CT molecular complexity index is 518. The van der Waals surface area contributed by atoms with E-state index >= 15 is 0 Å². The van der Waals surface area contributed by atoms with Crippen LogP contribution in [0.15, 0.2) is 29.2 Å². The van der Waals surface area contributed by atoms with E-state index in [0.717, 1.165) is 0 Å². The fourth-order valence-electron chi connectivity index (χ4n) is 1.18. The number of fused-ring (bicyclic) bond motifs is 1. The molecule has 2 N–H and O–H groups in total. The monoisotopic (exact) mass is 190 g/mol. The summed E-state index contributed by atoms with van der Waals surface area (Å²) < 4.78 is 0. The zero-order chi connectivity index (χ0) is 10.1. The van der Waals surface area contributed by atoms with Gasteiger partial charge in [0.15, 0.2) is 5.43 Å². The number of aromatic carboxylic acids is 1. The minimum atomic E-state index is -1.15. The van der Waals surface area contributed by atoms with Crippen LogP contribution >= 0.6 is 0 Å². The number of benzene rings is 1. The van der Waals surface area contributed by atoms with Crippen LogP contribution in [0.25, 0.3) is 11.3 Å². The highest BCUT2D eigenvalue weighted by atomic mass is 16.4. The van der Waals surface area contributed by atoms with E-state index < -0.39 is 5.97 Å². The van der Waals surface area contributed by atoms with E-state index in [2.05, 4.69) is 9.97 Å². The van der Waals surface area contributed by atoms with Gasteiger partial charge >= 0.3 is 5.97 Å². The van der Waals surface area contributed by atoms with Gasteiger partial charge in [-0.3, -0.25) is 4.79 Å². The fraction of sp³-hybridized carbons (Fsp3) is 0. The molecule has 0 fully saturated rings. The summed E-state index contributed by atoms with van der Waals surface area (Å²) in [5.41, 5.74) is 0.686. The van der Waals surface area contributed by atoms with Gasteiger partial charge in [0.25, 0.3) is 0 Å². The van der Waals surface area contributed by atoms with Gasteiger partial charge in [-0.25, -0.2) is 9.78 Å². The molecule has 0 aromatic rings. The molecule has 2 aliphatic rings. The molecule has 14 heavy (non-hydrogen) atoms. The summed E-state index contributed by atoms with van der Waals surface area (Å²) in [6.45, 7) is 0. The summed E-state index contributed by atoms with van der Waals surface area (Å²) in [7, 11) is 0. The molecule has 0 amide bonds. The predicted molar refractivity (Wildman–Crippen MR) is 48.4 cm³/mol. The summed E-state index contributed by atoms with van der Waals surface area (Å²) in [5, 5.41) is 8.64. The number of nitrogens with zero attached hydrogens (tertiary/aromatic N) is 1. The van der Waals surface area contributed by atoms with Gasteiger partial charge in [-0.1, -0.05) is 6.07 Å². The van der Waals surface area contributed by atoms with E-state index in [0.29, 0.717) is 11.3 Å². The molecule has 0 unspecified atom stereocenters. The van der Waals surface area contributed by atoms with Gasteiger partial charge in [-0.05, 0) is 12.1 Å². The van der Waals surface area contributed by atoms with Crippen LogP contribution in [0.1, 0.15) is 10.6 Å². The lowest BCUT2D eigenvalue weighted by Gasteiger charge is -2.03. The van der Waals surface area contributed by atoms with Crippen LogP contribution in [0.2, 0.25) is 0 Å². The van der Waals surface area contributed by atoms with Crippen molar-refractivity contribution in [2.45, 2.75) is 0 Å². The minimum Gasteiger partial charge on any atom is -0.475 e. The van der Waals surface area contributed by atoms with E-state index in [1.165, 1.54) is 12.3 Å². The van der Waals surface area contributed by atoms with Crippen LogP contribution < -0.4 is 5.43 Å². The topological polar surface area (TPSA) is 83.0 Å². The number of rotatable bonds is 1. The molecule has 1 heterocycles. The van der Waals surface area contributed by atoms with Crippen molar-refractivity contribution in [2.75, 3.05) is 0 Å². The predicted octanol–water partition coefficient (Wildman–Crippen LogP) is 0.573. The van der Waals surface area contributed by atoms with Crippen LogP contribution in [-0.4, -0.2) is 21.0 Å². The van der Waals surface area contributed by atoms with Crippen molar-refractivity contribution in [2.24, 2.45) is 0 Å². The number of aromatic amines is 1. The van der Waals surface area contributed by atoms with Crippen LogP contribution in [0.5, 0.6) is 0 Å². The molecule has 0 aromatic heterocycles. The maximum Gasteiger partial charge on any atom is 0.371 e. The van der Waals surface area contributed by atoms with Gasteiger partial charge in [0, 0.05) is 6.20 Å². The minimum absolute atomic E-state index is 0.178. The van der Waals surface area contributed by atoms with Gasteiger partial charge in [0.2, 0.25) is 5.82 Å². The van der Waals surface area contributed by atoms with Gasteiger partial charge in [-0.2, -0.15) is 0 Å². The Morgan fingerprint density at radius 3 is 2.93 bits per heavy atom. The average Bonchev–Trinajstić information content (AvgIpc) is 2.17. The maximum absolute atomic E-state index is 11.3. The van der Waals surface area contributed by atoms with Crippen molar-refractivity contribution < 1.29 is 9.90 Å². The maximum atomic E-state index is 11.3. The van der Waals surface area contributed by atoms with Gasteiger partial charge < -0.3 is 10.1 Å². The normalized spacial score (nSPS) is 10.3. The molecule has 0 bridgehead atoms. The second-order valence-electron chi connectivity index (χ2n) is 2.75. The molecular formula is C9H6N2O3. The number of nitrogens with one attached hydrogen (secondary N) is 1. The molecule has 2 rings (SSSR count). The summed E-state index contributed by atoms with van der Waals surface area (Å²) in [5.74, 6) is -1.33. The van der Waals surface area contributed by atoms with Crippen molar-refractivity contribution >= 4 is 5.97 Å². The highest BCUT2D eigenvalue weighted by molar-refractivity contribution is 5.84. The Kier molecular flexibility index (Phi) is 1.78. The van der Waals surface area contributed by atoms with Crippen LogP contribution in [0.4, 0.5) is 0 Å². The SMILES string of the molecule is O=C(O)c1ncc2c(=O)cccc-2[nH]1. The molecule has 0 radical (unpaired) electrons. The number of hydrogen-bond donors (Lipinski definition) is 2. The number of H-pyrrole nitrogens is 1. The average molecular weight is 190 g/mol. The number of carboxylic acid groups (broad SMARTS) is 1. The van der Waals surface area contributed by atoms with Gasteiger partial charge in [-0.15, -0.1) is 0 Å². The van der Waals surface area contributed by atoms with Crippen molar-refractivity contribution in [3.63, 3.8) is 0 Å². The molecule has 70 valence electrons. The van der Waals surface area contributed by atoms with Gasteiger partial charge in [0.1, 0.15) is 0 Å². The Hall–Kier alpha value is -2.17. The molecule has 1 aliphatic heterocycles. The van der Waals surface area contributed by atoms with Crippen LogP contribution in [-0.2, 0) is 0 Å². The van der Waals surface area contributed by atoms with Crippen molar-refractivity contribution in [1.82, 2.24) is 9.97 Å². The zero-order valence-electron chi connectivity index (χ0n) is 7.02. The molecule has 0 atom stereocenters. The largest absolute Gasteiger partial charge is 0.475 e.